The number of phenols is 1. The number of phenolic OH excluding ortho intramolecular Hbond substituents is 1. The molecule has 22 heavy (non-hydrogen) atoms. The SMILES string of the molecule is Cl.Oc1ccc(C(NCc2ccco2)c2ccccc2)cc1. The second-order valence-corrected chi connectivity index (χ2v) is 4.90. The number of hydrogen-bond acceptors (Lipinski definition) is 3. The first-order chi connectivity index (χ1) is 10.3. The van der Waals surface area contributed by atoms with Gasteiger partial charge in [0.2, 0.25) is 0 Å². The number of benzene rings is 2. The molecule has 0 saturated heterocycles. The van der Waals surface area contributed by atoms with E-state index in [4.69, 9.17) is 4.42 Å². The van der Waals surface area contributed by atoms with Gasteiger partial charge >= 0.3 is 0 Å². The molecule has 0 saturated carbocycles. The van der Waals surface area contributed by atoms with E-state index in [1.165, 1.54) is 5.56 Å². The van der Waals surface area contributed by atoms with E-state index in [1.54, 1.807) is 18.4 Å². The van der Waals surface area contributed by atoms with E-state index in [-0.39, 0.29) is 24.2 Å². The van der Waals surface area contributed by atoms with Gasteiger partial charge in [0.15, 0.2) is 0 Å². The van der Waals surface area contributed by atoms with Crippen LogP contribution in [0.15, 0.2) is 77.4 Å². The van der Waals surface area contributed by atoms with Crippen molar-refractivity contribution in [1.82, 2.24) is 5.32 Å². The quantitative estimate of drug-likeness (QED) is 0.738. The Labute approximate surface area is 136 Å². The molecule has 1 aromatic heterocycles. The van der Waals surface area contributed by atoms with Gasteiger partial charge in [-0.25, -0.2) is 0 Å². The molecule has 1 atom stereocenters. The second kappa shape index (κ2) is 7.69. The van der Waals surface area contributed by atoms with E-state index in [0.29, 0.717) is 6.54 Å². The summed E-state index contributed by atoms with van der Waals surface area (Å²) < 4.78 is 5.37. The summed E-state index contributed by atoms with van der Waals surface area (Å²) in [6.45, 7) is 0.646. The first-order valence-electron chi connectivity index (χ1n) is 6.92. The lowest BCUT2D eigenvalue weighted by atomic mass is 9.98. The van der Waals surface area contributed by atoms with Crippen LogP contribution in [0.3, 0.4) is 0 Å². The fraction of sp³-hybridized carbons (Fsp3) is 0.111. The Morgan fingerprint density at radius 1 is 0.864 bits per heavy atom. The molecule has 3 nitrogen and oxygen atoms in total. The smallest absolute Gasteiger partial charge is 0.117 e. The van der Waals surface area contributed by atoms with Gasteiger partial charge in [0, 0.05) is 0 Å². The summed E-state index contributed by atoms with van der Waals surface area (Å²) in [4.78, 5) is 0. The van der Waals surface area contributed by atoms with Gasteiger partial charge in [-0.3, -0.25) is 5.32 Å². The highest BCUT2D eigenvalue weighted by molar-refractivity contribution is 5.85. The number of aromatic hydroxyl groups is 1. The third kappa shape index (κ3) is 3.91. The Morgan fingerprint density at radius 2 is 1.55 bits per heavy atom. The van der Waals surface area contributed by atoms with Crippen molar-refractivity contribution in [3.05, 3.63) is 89.9 Å². The second-order valence-electron chi connectivity index (χ2n) is 4.90. The third-order valence-electron chi connectivity index (χ3n) is 3.42. The van der Waals surface area contributed by atoms with Crippen LogP contribution in [0.1, 0.15) is 22.9 Å². The Bertz CT molecular complexity index is 666. The largest absolute Gasteiger partial charge is 0.508 e. The number of rotatable bonds is 5. The molecule has 1 heterocycles. The Kier molecular flexibility index (Phi) is 5.64. The van der Waals surface area contributed by atoms with Crippen molar-refractivity contribution in [2.24, 2.45) is 0 Å². The van der Waals surface area contributed by atoms with Gasteiger partial charge in [0.1, 0.15) is 11.5 Å². The molecule has 0 aliphatic carbocycles. The molecule has 4 heteroatoms. The molecule has 0 radical (unpaired) electrons. The van der Waals surface area contributed by atoms with Crippen molar-refractivity contribution in [3.8, 4) is 5.75 Å². The summed E-state index contributed by atoms with van der Waals surface area (Å²) in [6, 6.07) is 21.4. The average molecular weight is 316 g/mol. The van der Waals surface area contributed by atoms with Crippen LogP contribution >= 0.6 is 12.4 Å². The molecule has 114 valence electrons. The number of halogens is 1. The van der Waals surface area contributed by atoms with Crippen LogP contribution in [0.4, 0.5) is 0 Å². The molecule has 0 amide bonds. The predicted molar refractivity (Wildman–Crippen MR) is 89.2 cm³/mol. The van der Waals surface area contributed by atoms with Crippen molar-refractivity contribution in [3.63, 3.8) is 0 Å². The van der Waals surface area contributed by atoms with E-state index in [2.05, 4.69) is 17.4 Å². The summed E-state index contributed by atoms with van der Waals surface area (Å²) in [7, 11) is 0. The summed E-state index contributed by atoms with van der Waals surface area (Å²) in [5, 5.41) is 13.0. The Balaban J connectivity index is 0.00000176. The van der Waals surface area contributed by atoms with Crippen LogP contribution in [-0.2, 0) is 6.54 Å². The third-order valence-corrected chi connectivity index (χ3v) is 3.42. The number of hydrogen-bond donors (Lipinski definition) is 2. The zero-order chi connectivity index (χ0) is 14.5. The fourth-order valence-corrected chi connectivity index (χ4v) is 2.36. The molecule has 2 N–H and O–H groups in total. The minimum absolute atomic E-state index is 0. The highest BCUT2D eigenvalue weighted by Crippen LogP contribution is 2.24. The molecule has 2 aromatic carbocycles. The van der Waals surface area contributed by atoms with Crippen molar-refractivity contribution < 1.29 is 9.52 Å². The molecule has 0 aliphatic rings. The number of nitrogens with one attached hydrogen (secondary N) is 1. The zero-order valence-electron chi connectivity index (χ0n) is 12.0. The molecular weight excluding hydrogens is 298 g/mol. The monoisotopic (exact) mass is 315 g/mol. The number of furan rings is 1. The average Bonchev–Trinajstić information content (AvgIpc) is 3.04. The Hall–Kier alpha value is -2.23. The lowest BCUT2D eigenvalue weighted by Gasteiger charge is -2.19. The van der Waals surface area contributed by atoms with Gasteiger partial charge in [-0.05, 0) is 35.4 Å². The minimum atomic E-state index is 0. The van der Waals surface area contributed by atoms with Gasteiger partial charge in [-0.15, -0.1) is 12.4 Å². The lowest BCUT2D eigenvalue weighted by molar-refractivity contribution is 0.465. The van der Waals surface area contributed by atoms with E-state index in [0.717, 1.165) is 11.3 Å². The maximum absolute atomic E-state index is 9.45. The molecule has 1 unspecified atom stereocenters. The predicted octanol–water partition coefficient (Wildman–Crippen LogP) is 4.29. The highest BCUT2D eigenvalue weighted by Gasteiger charge is 2.13. The topological polar surface area (TPSA) is 45.4 Å². The molecule has 0 aliphatic heterocycles. The molecule has 3 aromatic rings. The highest BCUT2D eigenvalue weighted by atomic mass is 35.5. The van der Waals surface area contributed by atoms with Gasteiger partial charge in [0.25, 0.3) is 0 Å². The van der Waals surface area contributed by atoms with Crippen LogP contribution in [-0.4, -0.2) is 5.11 Å². The van der Waals surface area contributed by atoms with E-state index >= 15 is 0 Å². The molecule has 3 rings (SSSR count). The zero-order valence-corrected chi connectivity index (χ0v) is 12.8. The van der Waals surface area contributed by atoms with Crippen molar-refractivity contribution in [2.75, 3.05) is 0 Å². The first-order valence-corrected chi connectivity index (χ1v) is 6.92. The van der Waals surface area contributed by atoms with Crippen LogP contribution in [0.5, 0.6) is 5.75 Å². The Morgan fingerprint density at radius 3 is 2.18 bits per heavy atom. The van der Waals surface area contributed by atoms with Gasteiger partial charge < -0.3 is 9.52 Å². The van der Waals surface area contributed by atoms with E-state index in [1.807, 2.05) is 42.5 Å². The lowest BCUT2D eigenvalue weighted by Crippen LogP contribution is -2.21. The summed E-state index contributed by atoms with van der Waals surface area (Å²) in [5.41, 5.74) is 2.28. The van der Waals surface area contributed by atoms with Crippen molar-refractivity contribution >= 4 is 12.4 Å². The van der Waals surface area contributed by atoms with Gasteiger partial charge in [0.05, 0.1) is 18.8 Å². The fourth-order valence-electron chi connectivity index (χ4n) is 2.36. The van der Waals surface area contributed by atoms with Crippen LogP contribution < -0.4 is 5.32 Å². The van der Waals surface area contributed by atoms with Crippen molar-refractivity contribution in [1.29, 1.82) is 0 Å². The standard InChI is InChI=1S/C18H17NO2.ClH/c20-16-10-8-15(9-11-16)18(14-5-2-1-3-6-14)19-13-17-7-4-12-21-17;/h1-12,18-20H,13H2;1H. The first kappa shape index (κ1) is 16.1. The van der Waals surface area contributed by atoms with E-state index < -0.39 is 0 Å². The molecule has 0 fully saturated rings. The maximum Gasteiger partial charge on any atom is 0.117 e. The van der Waals surface area contributed by atoms with Crippen LogP contribution in [0, 0.1) is 0 Å². The van der Waals surface area contributed by atoms with Crippen LogP contribution in [0.25, 0.3) is 0 Å². The molecule has 0 spiro atoms. The van der Waals surface area contributed by atoms with Crippen LogP contribution in [0.2, 0.25) is 0 Å². The van der Waals surface area contributed by atoms with E-state index in [9.17, 15) is 5.11 Å². The van der Waals surface area contributed by atoms with Gasteiger partial charge in [-0.2, -0.15) is 0 Å². The normalized spacial score (nSPS) is 11.6. The summed E-state index contributed by atoms with van der Waals surface area (Å²) in [6.07, 6.45) is 1.68. The van der Waals surface area contributed by atoms with Crippen molar-refractivity contribution in [2.45, 2.75) is 12.6 Å². The maximum atomic E-state index is 9.45. The minimum Gasteiger partial charge on any atom is -0.508 e. The summed E-state index contributed by atoms with van der Waals surface area (Å²) >= 11 is 0. The van der Waals surface area contributed by atoms with Gasteiger partial charge in [-0.1, -0.05) is 42.5 Å². The summed E-state index contributed by atoms with van der Waals surface area (Å²) in [5.74, 6) is 1.17. The molecular formula is C18H18ClNO2. The molecule has 0 bridgehead atoms.